The van der Waals surface area contributed by atoms with Gasteiger partial charge in [0.1, 0.15) is 5.75 Å². The summed E-state index contributed by atoms with van der Waals surface area (Å²) in [6, 6.07) is 12.6. The van der Waals surface area contributed by atoms with Crippen molar-refractivity contribution in [3.05, 3.63) is 64.2 Å². The van der Waals surface area contributed by atoms with Gasteiger partial charge < -0.3 is 10.5 Å². The molecule has 0 bridgehead atoms. The van der Waals surface area contributed by atoms with Gasteiger partial charge in [-0.3, -0.25) is 10.1 Å². The minimum Gasteiger partial charge on any atom is -0.497 e. The van der Waals surface area contributed by atoms with Crippen LogP contribution in [0.4, 0.5) is 5.69 Å². The highest BCUT2D eigenvalue weighted by molar-refractivity contribution is 7.89. The van der Waals surface area contributed by atoms with Crippen molar-refractivity contribution in [3.63, 3.8) is 0 Å². The number of benzene rings is 2. The van der Waals surface area contributed by atoms with E-state index in [1.807, 2.05) is 6.07 Å². The van der Waals surface area contributed by atoms with Gasteiger partial charge in [-0.1, -0.05) is 30.3 Å². The minimum atomic E-state index is -4.11. The van der Waals surface area contributed by atoms with Gasteiger partial charge in [0.25, 0.3) is 5.69 Å². The molecule has 0 spiro atoms. The first-order chi connectivity index (χ1) is 11.9. The predicted molar refractivity (Wildman–Crippen MR) is 92.7 cm³/mol. The number of sulfonamides is 1. The molecule has 2 N–H and O–H groups in total. The van der Waals surface area contributed by atoms with E-state index in [4.69, 9.17) is 10.5 Å². The fourth-order valence-electron chi connectivity index (χ4n) is 2.34. The highest BCUT2D eigenvalue weighted by Crippen LogP contribution is 2.31. The lowest BCUT2D eigenvalue weighted by Gasteiger charge is -2.21. The lowest BCUT2D eigenvalue weighted by molar-refractivity contribution is -0.387. The molecular formula is C16H19N3O5S. The second kappa shape index (κ2) is 8.06. The molecule has 0 saturated heterocycles. The fraction of sp³-hybridized carbons (Fsp3) is 0.250. The van der Waals surface area contributed by atoms with Crippen molar-refractivity contribution in [1.82, 2.24) is 4.31 Å². The van der Waals surface area contributed by atoms with Crippen molar-refractivity contribution in [2.75, 3.05) is 20.2 Å². The molecule has 2 aromatic rings. The van der Waals surface area contributed by atoms with Gasteiger partial charge in [-0.2, -0.15) is 4.31 Å². The van der Waals surface area contributed by atoms with E-state index < -0.39 is 20.6 Å². The fourth-order valence-corrected chi connectivity index (χ4v) is 3.92. The van der Waals surface area contributed by atoms with Crippen LogP contribution in [0.1, 0.15) is 5.56 Å². The van der Waals surface area contributed by atoms with Crippen LogP contribution < -0.4 is 10.5 Å². The number of nitrogens with zero attached hydrogens (tertiary/aromatic N) is 2. The average molecular weight is 365 g/mol. The summed E-state index contributed by atoms with van der Waals surface area (Å²) in [5.41, 5.74) is 5.77. The molecule has 0 aliphatic carbocycles. The van der Waals surface area contributed by atoms with Crippen LogP contribution in [-0.2, 0) is 16.6 Å². The molecule has 2 rings (SSSR count). The smallest absolute Gasteiger partial charge is 0.293 e. The number of nitro groups is 1. The molecule has 2 aromatic carbocycles. The third-order valence-corrected chi connectivity index (χ3v) is 5.45. The number of nitro benzene ring substituents is 1. The Kier molecular flexibility index (Phi) is 6.07. The van der Waals surface area contributed by atoms with E-state index in [0.717, 1.165) is 15.9 Å². The quantitative estimate of drug-likeness (QED) is 0.563. The van der Waals surface area contributed by atoms with Gasteiger partial charge in [-0.15, -0.1) is 0 Å². The van der Waals surface area contributed by atoms with E-state index in [9.17, 15) is 18.5 Å². The second-order valence-electron chi connectivity index (χ2n) is 5.20. The van der Waals surface area contributed by atoms with Gasteiger partial charge >= 0.3 is 0 Å². The third-order valence-electron chi connectivity index (χ3n) is 3.56. The van der Waals surface area contributed by atoms with Crippen molar-refractivity contribution in [3.8, 4) is 5.75 Å². The number of nitrogens with two attached hydrogens (primary N) is 1. The Bertz CT molecular complexity index is 840. The number of rotatable bonds is 8. The highest BCUT2D eigenvalue weighted by Gasteiger charge is 2.31. The third kappa shape index (κ3) is 4.32. The Balaban J connectivity index is 2.48. The first-order valence-corrected chi connectivity index (χ1v) is 8.90. The van der Waals surface area contributed by atoms with Gasteiger partial charge in [-0.05, 0) is 17.7 Å². The SMILES string of the molecule is COc1ccc(S(=O)(=O)N(CCN)Cc2ccccc2)c([N+](=O)[O-])c1. The molecule has 0 aliphatic rings. The van der Waals surface area contributed by atoms with Gasteiger partial charge in [0.15, 0.2) is 4.90 Å². The molecule has 134 valence electrons. The topological polar surface area (TPSA) is 116 Å². The molecule has 0 heterocycles. The minimum absolute atomic E-state index is 0.0421. The Morgan fingerprint density at radius 1 is 1.20 bits per heavy atom. The molecule has 0 fully saturated rings. The largest absolute Gasteiger partial charge is 0.497 e. The lowest BCUT2D eigenvalue weighted by atomic mass is 10.2. The zero-order chi connectivity index (χ0) is 18.4. The van der Waals surface area contributed by atoms with Gasteiger partial charge in [0, 0.05) is 19.6 Å². The Labute approximate surface area is 146 Å². The van der Waals surface area contributed by atoms with E-state index in [2.05, 4.69) is 0 Å². The molecule has 0 aromatic heterocycles. The van der Waals surface area contributed by atoms with Crippen molar-refractivity contribution in [1.29, 1.82) is 0 Å². The highest BCUT2D eigenvalue weighted by atomic mass is 32.2. The van der Waals surface area contributed by atoms with Crippen LogP contribution >= 0.6 is 0 Å². The van der Waals surface area contributed by atoms with Crippen molar-refractivity contribution in [2.24, 2.45) is 5.73 Å². The molecule has 25 heavy (non-hydrogen) atoms. The van der Waals surface area contributed by atoms with Crippen LogP contribution in [0.3, 0.4) is 0 Å². The van der Waals surface area contributed by atoms with E-state index in [1.54, 1.807) is 24.3 Å². The Morgan fingerprint density at radius 3 is 2.44 bits per heavy atom. The molecule has 9 heteroatoms. The maximum atomic E-state index is 13.0. The van der Waals surface area contributed by atoms with Crippen molar-refractivity contribution < 1.29 is 18.1 Å². The van der Waals surface area contributed by atoms with Crippen LogP contribution in [-0.4, -0.2) is 37.8 Å². The standard InChI is InChI=1S/C16H19N3O5S/c1-24-14-7-8-16(15(11-14)19(20)21)25(22,23)18(10-9-17)12-13-5-3-2-4-6-13/h2-8,11H,9-10,12,17H2,1H3. The molecule has 0 radical (unpaired) electrons. The first kappa shape index (κ1) is 18.8. The molecule has 8 nitrogen and oxygen atoms in total. The molecule has 0 saturated carbocycles. The summed E-state index contributed by atoms with van der Waals surface area (Å²) < 4.78 is 32.0. The van der Waals surface area contributed by atoms with Crippen LogP contribution in [0.15, 0.2) is 53.4 Å². The summed E-state index contributed by atoms with van der Waals surface area (Å²) in [5, 5.41) is 11.3. The number of hydrogen-bond donors (Lipinski definition) is 1. The monoisotopic (exact) mass is 365 g/mol. The van der Waals surface area contributed by atoms with Crippen LogP contribution in [0.5, 0.6) is 5.75 Å². The average Bonchev–Trinajstić information content (AvgIpc) is 2.61. The maximum absolute atomic E-state index is 13.0. The summed E-state index contributed by atoms with van der Waals surface area (Å²) in [6.07, 6.45) is 0. The van der Waals surface area contributed by atoms with E-state index in [0.29, 0.717) is 0 Å². The molecule has 0 atom stereocenters. The molecule has 0 unspecified atom stereocenters. The zero-order valence-electron chi connectivity index (χ0n) is 13.7. The summed E-state index contributed by atoms with van der Waals surface area (Å²) in [6.45, 7) is 0.208. The predicted octanol–water partition coefficient (Wildman–Crippen LogP) is 1.75. The van der Waals surface area contributed by atoms with Crippen LogP contribution in [0, 0.1) is 10.1 Å². The Morgan fingerprint density at radius 2 is 1.88 bits per heavy atom. The lowest BCUT2D eigenvalue weighted by Crippen LogP contribution is -2.35. The summed E-state index contributed by atoms with van der Waals surface area (Å²) in [5.74, 6) is 0.207. The summed E-state index contributed by atoms with van der Waals surface area (Å²) in [4.78, 5) is 10.2. The summed E-state index contributed by atoms with van der Waals surface area (Å²) in [7, 11) is -2.76. The number of methoxy groups -OCH3 is 1. The Hall–Kier alpha value is -2.49. The van der Waals surface area contributed by atoms with E-state index >= 15 is 0 Å². The van der Waals surface area contributed by atoms with Crippen LogP contribution in [0.25, 0.3) is 0 Å². The molecule has 0 aliphatic heterocycles. The van der Waals surface area contributed by atoms with Crippen molar-refractivity contribution in [2.45, 2.75) is 11.4 Å². The normalized spacial score (nSPS) is 11.5. The summed E-state index contributed by atoms with van der Waals surface area (Å²) >= 11 is 0. The molecular weight excluding hydrogens is 346 g/mol. The van der Waals surface area contributed by atoms with Gasteiger partial charge in [0.2, 0.25) is 10.0 Å². The molecule has 0 amide bonds. The van der Waals surface area contributed by atoms with Gasteiger partial charge in [-0.25, -0.2) is 8.42 Å². The number of hydrogen-bond acceptors (Lipinski definition) is 6. The maximum Gasteiger partial charge on any atom is 0.293 e. The van der Waals surface area contributed by atoms with Gasteiger partial charge in [0.05, 0.1) is 18.1 Å². The van der Waals surface area contributed by atoms with E-state index in [-0.39, 0.29) is 30.3 Å². The van der Waals surface area contributed by atoms with E-state index in [1.165, 1.54) is 19.2 Å². The number of ether oxygens (including phenoxy) is 1. The van der Waals surface area contributed by atoms with Crippen LogP contribution in [0.2, 0.25) is 0 Å². The zero-order valence-corrected chi connectivity index (χ0v) is 14.5. The second-order valence-corrected chi connectivity index (χ2v) is 7.11. The van der Waals surface area contributed by atoms with Crippen molar-refractivity contribution >= 4 is 15.7 Å². The first-order valence-electron chi connectivity index (χ1n) is 7.46.